The Morgan fingerprint density at radius 1 is 0.696 bits per heavy atom. The van der Waals surface area contributed by atoms with E-state index in [4.69, 9.17) is 5.11 Å². The van der Waals surface area contributed by atoms with Gasteiger partial charge in [-0.25, -0.2) is 0 Å². The molecule has 0 amide bonds. The standard InChI is InChI=1S/C10H22O.C8H18O.C2H6O/c1-4-6-7-8-9(3)10(11)5-2;1-3-5-7-8(9)6-4-2;1-2-3/h9-11H,4-8H2,1-3H3;8-9H,3-7H2,1-2H3;3H,2H2,1H3. The predicted octanol–water partition coefficient (Wildman–Crippen LogP) is 5.31. The normalized spacial score (nSPS) is 14.0. The highest BCUT2D eigenvalue weighted by atomic mass is 16.3. The van der Waals surface area contributed by atoms with E-state index >= 15 is 0 Å². The first kappa shape index (κ1) is 27.7. The third kappa shape index (κ3) is 27.0. The van der Waals surface area contributed by atoms with Crippen LogP contribution in [0.1, 0.15) is 106 Å². The van der Waals surface area contributed by atoms with Crippen LogP contribution in [0.15, 0.2) is 0 Å². The number of aliphatic hydroxyl groups excluding tert-OH is 3. The van der Waals surface area contributed by atoms with Gasteiger partial charge in [0.2, 0.25) is 0 Å². The molecule has 0 aliphatic rings. The average molecular weight is 335 g/mol. The molecule has 3 nitrogen and oxygen atoms in total. The van der Waals surface area contributed by atoms with E-state index in [1.807, 2.05) is 6.92 Å². The minimum atomic E-state index is -0.0770. The molecule has 0 aromatic rings. The van der Waals surface area contributed by atoms with Crippen molar-refractivity contribution in [2.45, 2.75) is 118 Å². The lowest BCUT2D eigenvalue weighted by Crippen LogP contribution is -2.15. The summed E-state index contributed by atoms with van der Waals surface area (Å²) >= 11 is 0. The highest BCUT2D eigenvalue weighted by Crippen LogP contribution is 2.14. The van der Waals surface area contributed by atoms with Gasteiger partial charge in [0, 0.05) is 6.61 Å². The molecule has 3 heteroatoms. The molecule has 0 saturated heterocycles. The molecule has 0 aliphatic heterocycles. The van der Waals surface area contributed by atoms with Crippen LogP contribution in [0.3, 0.4) is 0 Å². The molecule has 3 atom stereocenters. The van der Waals surface area contributed by atoms with Gasteiger partial charge in [0.15, 0.2) is 0 Å². The van der Waals surface area contributed by atoms with E-state index in [2.05, 4.69) is 27.7 Å². The number of aliphatic hydroxyl groups is 3. The van der Waals surface area contributed by atoms with Crippen LogP contribution >= 0.6 is 0 Å². The maximum atomic E-state index is 9.43. The summed E-state index contributed by atoms with van der Waals surface area (Å²) in [4.78, 5) is 0. The summed E-state index contributed by atoms with van der Waals surface area (Å²) in [5.74, 6) is 0.492. The Kier molecular flexibility index (Phi) is 29.1. The molecule has 23 heavy (non-hydrogen) atoms. The van der Waals surface area contributed by atoms with Crippen LogP contribution in [0.25, 0.3) is 0 Å². The monoisotopic (exact) mass is 334 g/mol. The summed E-state index contributed by atoms with van der Waals surface area (Å²) < 4.78 is 0. The Bertz CT molecular complexity index is 186. The molecule has 3 unspecified atom stereocenters. The smallest absolute Gasteiger partial charge is 0.0563 e. The molecule has 0 spiro atoms. The average Bonchev–Trinajstić information content (AvgIpc) is 2.54. The first-order chi connectivity index (χ1) is 10.9. The summed E-state index contributed by atoms with van der Waals surface area (Å²) in [5, 5.41) is 26.2. The van der Waals surface area contributed by atoms with E-state index in [9.17, 15) is 10.2 Å². The van der Waals surface area contributed by atoms with Gasteiger partial charge in [0.05, 0.1) is 12.2 Å². The molecule has 0 fully saturated rings. The maximum Gasteiger partial charge on any atom is 0.0563 e. The molecule has 0 aliphatic carbocycles. The van der Waals surface area contributed by atoms with Crippen molar-refractivity contribution in [1.29, 1.82) is 0 Å². The Balaban J connectivity index is -0.000000301. The van der Waals surface area contributed by atoms with Crippen LogP contribution in [0.4, 0.5) is 0 Å². The molecule has 0 aromatic heterocycles. The first-order valence-corrected chi connectivity index (χ1v) is 9.91. The van der Waals surface area contributed by atoms with Gasteiger partial charge >= 0.3 is 0 Å². The summed E-state index contributed by atoms with van der Waals surface area (Å²) in [5.41, 5.74) is 0. The van der Waals surface area contributed by atoms with Gasteiger partial charge in [0.25, 0.3) is 0 Å². The summed E-state index contributed by atoms with van der Waals surface area (Å²) in [7, 11) is 0. The third-order valence-electron chi connectivity index (χ3n) is 3.85. The topological polar surface area (TPSA) is 60.7 Å². The molecule has 0 aromatic carbocycles. The van der Waals surface area contributed by atoms with Crippen molar-refractivity contribution >= 4 is 0 Å². The number of hydrogen-bond acceptors (Lipinski definition) is 3. The lowest BCUT2D eigenvalue weighted by molar-refractivity contribution is 0.106. The van der Waals surface area contributed by atoms with Crippen molar-refractivity contribution in [2.24, 2.45) is 5.92 Å². The van der Waals surface area contributed by atoms with Crippen LogP contribution in [-0.4, -0.2) is 34.1 Å². The van der Waals surface area contributed by atoms with Crippen molar-refractivity contribution < 1.29 is 15.3 Å². The fourth-order valence-corrected chi connectivity index (χ4v) is 2.23. The van der Waals surface area contributed by atoms with Gasteiger partial charge in [-0.3, -0.25) is 0 Å². The molecule has 0 radical (unpaired) electrons. The molecule has 0 rings (SSSR count). The van der Waals surface area contributed by atoms with Crippen molar-refractivity contribution in [3.63, 3.8) is 0 Å². The highest BCUT2D eigenvalue weighted by molar-refractivity contribution is 4.62. The molecular weight excluding hydrogens is 288 g/mol. The zero-order chi connectivity index (χ0) is 18.5. The fraction of sp³-hybridized carbons (Fsp3) is 1.00. The Morgan fingerprint density at radius 3 is 1.61 bits per heavy atom. The molecule has 0 heterocycles. The van der Waals surface area contributed by atoms with Crippen LogP contribution in [0.5, 0.6) is 0 Å². The highest BCUT2D eigenvalue weighted by Gasteiger charge is 2.10. The Hall–Kier alpha value is -0.120. The lowest BCUT2D eigenvalue weighted by Gasteiger charge is -2.16. The summed E-state index contributed by atoms with van der Waals surface area (Å²) in [6.45, 7) is 12.6. The summed E-state index contributed by atoms with van der Waals surface area (Å²) in [6.07, 6.45) is 11.2. The number of hydrogen-bond donors (Lipinski definition) is 3. The largest absolute Gasteiger partial charge is 0.397 e. The van der Waals surface area contributed by atoms with Crippen LogP contribution in [-0.2, 0) is 0 Å². The van der Waals surface area contributed by atoms with Gasteiger partial charge in [-0.05, 0) is 38.5 Å². The minimum absolute atomic E-state index is 0.0325. The quantitative estimate of drug-likeness (QED) is 0.449. The van der Waals surface area contributed by atoms with Crippen LogP contribution in [0.2, 0.25) is 0 Å². The van der Waals surface area contributed by atoms with Gasteiger partial charge < -0.3 is 15.3 Å². The van der Waals surface area contributed by atoms with Crippen molar-refractivity contribution in [2.75, 3.05) is 6.61 Å². The maximum absolute atomic E-state index is 9.43. The zero-order valence-corrected chi connectivity index (χ0v) is 16.9. The van der Waals surface area contributed by atoms with E-state index in [1.165, 1.54) is 38.5 Å². The molecule has 0 bridgehead atoms. The Labute approximate surface area is 146 Å². The van der Waals surface area contributed by atoms with E-state index in [0.717, 1.165) is 25.7 Å². The summed E-state index contributed by atoms with van der Waals surface area (Å²) in [6, 6.07) is 0. The SMILES string of the molecule is CCCCC(O)CCC.CCCCCC(C)C(O)CC.CCO. The van der Waals surface area contributed by atoms with Crippen LogP contribution in [0, 0.1) is 5.92 Å². The van der Waals surface area contributed by atoms with Gasteiger partial charge in [-0.2, -0.15) is 0 Å². The molecular formula is C20H46O3. The van der Waals surface area contributed by atoms with E-state index < -0.39 is 0 Å². The lowest BCUT2D eigenvalue weighted by atomic mass is 9.96. The van der Waals surface area contributed by atoms with Gasteiger partial charge in [0.1, 0.15) is 0 Å². The van der Waals surface area contributed by atoms with Crippen molar-refractivity contribution in [3.05, 3.63) is 0 Å². The second-order valence-electron chi connectivity index (χ2n) is 6.35. The van der Waals surface area contributed by atoms with Gasteiger partial charge in [-0.15, -0.1) is 0 Å². The predicted molar refractivity (Wildman–Crippen MR) is 103 cm³/mol. The zero-order valence-electron chi connectivity index (χ0n) is 16.9. The van der Waals surface area contributed by atoms with Crippen LogP contribution < -0.4 is 0 Å². The second-order valence-corrected chi connectivity index (χ2v) is 6.35. The van der Waals surface area contributed by atoms with E-state index in [1.54, 1.807) is 6.92 Å². The third-order valence-corrected chi connectivity index (χ3v) is 3.85. The van der Waals surface area contributed by atoms with E-state index in [0.29, 0.717) is 5.92 Å². The van der Waals surface area contributed by atoms with Crippen molar-refractivity contribution in [1.82, 2.24) is 0 Å². The molecule has 3 N–H and O–H groups in total. The van der Waals surface area contributed by atoms with Gasteiger partial charge in [-0.1, -0.05) is 73.1 Å². The first-order valence-electron chi connectivity index (χ1n) is 9.91. The minimum Gasteiger partial charge on any atom is -0.397 e. The molecule has 0 saturated carbocycles. The second kappa shape index (κ2) is 24.1. The fourth-order valence-electron chi connectivity index (χ4n) is 2.23. The van der Waals surface area contributed by atoms with Crippen molar-refractivity contribution in [3.8, 4) is 0 Å². The Morgan fingerprint density at radius 2 is 1.22 bits per heavy atom. The number of rotatable bonds is 11. The number of unbranched alkanes of at least 4 members (excludes halogenated alkanes) is 3. The molecule has 144 valence electrons. The van der Waals surface area contributed by atoms with E-state index in [-0.39, 0.29) is 18.8 Å².